The Morgan fingerprint density at radius 2 is 1.89 bits per heavy atom. The van der Waals surface area contributed by atoms with Gasteiger partial charge in [-0.3, -0.25) is 4.79 Å². The van der Waals surface area contributed by atoms with Crippen molar-refractivity contribution < 1.29 is 32.2 Å². The maximum Gasteiger partial charge on any atom is 0.333 e. The Morgan fingerprint density at radius 1 is 1.19 bits per heavy atom. The minimum absolute atomic E-state index is 0.0235. The molecule has 1 aliphatic heterocycles. The first-order chi connectivity index (χ1) is 17.2. The van der Waals surface area contributed by atoms with Gasteiger partial charge < -0.3 is 29.3 Å². The molecule has 0 saturated carbocycles. The Morgan fingerprint density at radius 3 is 2.53 bits per heavy atom. The van der Waals surface area contributed by atoms with Gasteiger partial charge >= 0.3 is 5.92 Å². The van der Waals surface area contributed by atoms with Crippen molar-refractivity contribution in [3.8, 4) is 11.5 Å². The molecule has 1 amide bonds. The van der Waals surface area contributed by atoms with E-state index in [-0.39, 0.29) is 45.1 Å². The van der Waals surface area contributed by atoms with Gasteiger partial charge in [0.25, 0.3) is 0 Å². The van der Waals surface area contributed by atoms with E-state index in [9.17, 15) is 4.79 Å². The summed E-state index contributed by atoms with van der Waals surface area (Å²) in [6, 6.07) is 3.56. The van der Waals surface area contributed by atoms with Gasteiger partial charge in [0.05, 0.1) is 54.7 Å². The monoisotopic (exact) mass is 541 g/mol. The maximum atomic E-state index is 15.7. The largest absolute Gasteiger partial charge is 0.495 e. The number of nitrogens with zero attached hydrogens (tertiary/aromatic N) is 1. The van der Waals surface area contributed by atoms with Gasteiger partial charge in [0.1, 0.15) is 17.3 Å². The molecule has 1 fully saturated rings. The quantitative estimate of drug-likeness (QED) is 0.380. The van der Waals surface area contributed by atoms with Crippen LogP contribution in [0.15, 0.2) is 41.5 Å². The van der Waals surface area contributed by atoms with Crippen LogP contribution in [-0.2, 0) is 15.5 Å². The van der Waals surface area contributed by atoms with Gasteiger partial charge in [-0.05, 0) is 24.6 Å². The molecule has 1 saturated heterocycles. The Hall–Kier alpha value is -3.08. The Bertz CT molecular complexity index is 1270. The Labute approximate surface area is 215 Å². The number of nitrogens with one attached hydrogen (secondary N) is 2. The van der Waals surface area contributed by atoms with E-state index >= 15 is 8.78 Å². The highest BCUT2D eigenvalue weighted by atomic mass is 35.5. The molecule has 192 valence electrons. The summed E-state index contributed by atoms with van der Waals surface area (Å²) in [5.41, 5.74) is -0.568. The highest BCUT2D eigenvalue weighted by molar-refractivity contribution is 6.38. The predicted molar refractivity (Wildman–Crippen MR) is 132 cm³/mol. The standard InChI is InChI=1S/C24H23Cl2F2N3O5/c1-4-20(32)31-13-5-6-35-11-14(13)30-19-8-12-7-18(36-17(12)10-29-19)24(27,28)21-22(25)15(33-2)9-16(34-3)23(21)26/h4,7-10,13-14H,1,5-6,11H2,2-3H3,(H,29,30)(H,31,32). The number of pyridine rings is 1. The number of carbonyl (C=O) groups excluding carboxylic acids is 1. The zero-order valence-corrected chi connectivity index (χ0v) is 20.9. The molecular formula is C24H23Cl2F2N3O5. The Kier molecular flexibility index (Phi) is 7.58. The van der Waals surface area contributed by atoms with Gasteiger partial charge in [-0.2, -0.15) is 8.78 Å². The predicted octanol–water partition coefficient (Wildman–Crippen LogP) is 5.16. The number of anilines is 1. The van der Waals surface area contributed by atoms with E-state index in [1.54, 1.807) is 6.07 Å². The van der Waals surface area contributed by atoms with Crippen LogP contribution in [0.3, 0.4) is 0 Å². The molecular weight excluding hydrogens is 519 g/mol. The van der Waals surface area contributed by atoms with Crippen molar-refractivity contribution in [2.45, 2.75) is 24.4 Å². The third-order valence-electron chi connectivity index (χ3n) is 5.80. The Balaban J connectivity index is 1.66. The molecule has 0 radical (unpaired) electrons. The topological polar surface area (TPSA) is 94.9 Å². The van der Waals surface area contributed by atoms with Crippen LogP contribution in [0.1, 0.15) is 17.7 Å². The van der Waals surface area contributed by atoms with Crippen molar-refractivity contribution in [2.75, 3.05) is 32.8 Å². The van der Waals surface area contributed by atoms with E-state index in [0.717, 1.165) is 0 Å². The van der Waals surface area contributed by atoms with Crippen LogP contribution in [0.5, 0.6) is 11.5 Å². The number of fused-ring (bicyclic) bond motifs is 1. The first kappa shape index (κ1) is 26.0. The average molecular weight is 542 g/mol. The van der Waals surface area contributed by atoms with E-state index in [4.69, 9.17) is 41.8 Å². The number of benzene rings is 1. The summed E-state index contributed by atoms with van der Waals surface area (Å²) in [5, 5.41) is 5.69. The van der Waals surface area contributed by atoms with Crippen LogP contribution in [0.25, 0.3) is 11.0 Å². The van der Waals surface area contributed by atoms with Crippen molar-refractivity contribution in [1.82, 2.24) is 10.3 Å². The number of hydrogen-bond acceptors (Lipinski definition) is 7. The van der Waals surface area contributed by atoms with Crippen molar-refractivity contribution in [2.24, 2.45) is 0 Å². The molecule has 3 aromatic rings. The van der Waals surface area contributed by atoms with Gasteiger partial charge in [-0.1, -0.05) is 29.8 Å². The lowest BCUT2D eigenvalue weighted by atomic mass is 10.0. The summed E-state index contributed by atoms with van der Waals surface area (Å²) < 4.78 is 52.5. The molecule has 3 heterocycles. The highest BCUT2D eigenvalue weighted by Gasteiger charge is 2.44. The number of ether oxygens (including phenoxy) is 3. The van der Waals surface area contributed by atoms with Crippen molar-refractivity contribution in [3.05, 3.63) is 58.4 Å². The van der Waals surface area contributed by atoms with Gasteiger partial charge in [-0.25, -0.2) is 4.98 Å². The van der Waals surface area contributed by atoms with Crippen LogP contribution >= 0.6 is 23.2 Å². The minimum atomic E-state index is -3.72. The normalized spacial score (nSPS) is 18.1. The van der Waals surface area contributed by atoms with Gasteiger partial charge in [0.2, 0.25) is 5.91 Å². The lowest BCUT2D eigenvalue weighted by Crippen LogP contribution is -2.52. The molecule has 1 aromatic carbocycles. The molecule has 0 aliphatic carbocycles. The second kappa shape index (κ2) is 10.5. The first-order valence-corrected chi connectivity index (χ1v) is 11.6. The van der Waals surface area contributed by atoms with Crippen LogP contribution in [0.2, 0.25) is 10.0 Å². The summed E-state index contributed by atoms with van der Waals surface area (Å²) in [6.07, 6.45) is 3.11. The van der Waals surface area contributed by atoms with Gasteiger partial charge in [-0.15, -0.1) is 0 Å². The molecule has 2 unspecified atom stereocenters. The van der Waals surface area contributed by atoms with Crippen molar-refractivity contribution in [3.63, 3.8) is 0 Å². The molecule has 4 rings (SSSR count). The van der Waals surface area contributed by atoms with Crippen LogP contribution in [0.4, 0.5) is 14.6 Å². The number of alkyl halides is 2. The molecule has 2 aromatic heterocycles. The highest BCUT2D eigenvalue weighted by Crippen LogP contribution is 2.50. The van der Waals surface area contributed by atoms with E-state index in [0.29, 0.717) is 30.8 Å². The maximum absolute atomic E-state index is 15.7. The summed E-state index contributed by atoms with van der Waals surface area (Å²) in [6.45, 7) is 4.28. The zero-order chi connectivity index (χ0) is 26.0. The average Bonchev–Trinajstić information content (AvgIpc) is 3.30. The second-order valence-corrected chi connectivity index (χ2v) is 8.77. The SMILES string of the molecule is C=CC(=O)NC1CCOCC1Nc1cc2cc(C(F)(F)c3c(Cl)c(OC)cc(OC)c3Cl)oc2cn1. The molecule has 0 bridgehead atoms. The number of amides is 1. The number of furan rings is 1. The molecule has 2 atom stereocenters. The lowest BCUT2D eigenvalue weighted by molar-refractivity contribution is -0.117. The van der Waals surface area contributed by atoms with E-state index in [2.05, 4.69) is 22.2 Å². The smallest absolute Gasteiger partial charge is 0.333 e. The number of halogens is 4. The lowest BCUT2D eigenvalue weighted by Gasteiger charge is -2.32. The van der Waals surface area contributed by atoms with Crippen molar-refractivity contribution >= 4 is 45.9 Å². The van der Waals surface area contributed by atoms with Crippen LogP contribution in [0, 0.1) is 0 Å². The third kappa shape index (κ3) is 4.93. The summed E-state index contributed by atoms with van der Waals surface area (Å²) in [7, 11) is 2.59. The molecule has 8 nitrogen and oxygen atoms in total. The number of hydrogen-bond donors (Lipinski definition) is 2. The fraction of sp³-hybridized carbons (Fsp3) is 0.333. The van der Waals surface area contributed by atoms with Crippen LogP contribution < -0.4 is 20.1 Å². The van der Waals surface area contributed by atoms with Gasteiger partial charge in [0.15, 0.2) is 11.3 Å². The van der Waals surface area contributed by atoms with Gasteiger partial charge in [0, 0.05) is 18.1 Å². The molecule has 2 N–H and O–H groups in total. The molecule has 36 heavy (non-hydrogen) atoms. The minimum Gasteiger partial charge on any atom is -0.495 e. The molecule has 12 heteroatoms. The molecule has 1 aliphatic rings. The summed E-state index contributed by atoms with van der Waals surface area (Å²) >= 11 is 12.4. The van der Waals surface area contributed by atoms with E-state index in [1.807, 2.05) is 0 Å². The number of rotatable bonds is 8. The number of aromatic nitrogens is 1. The second-order valence-electron chi connectivity index (χ2n) is 8.01. The van der Waals surface area contributed by atoms with Crippen molar-refractivity contribution in [1.29, 1.82) is 0 Å². The summed E-state index contributed by atoms with van der Waals surface area (Å²) in [4.78, 5) is 16.0. The number of methoxy groups -OCH3 is 2. The number of carbonyl (C=O) groups is 1. The third-order valence-corrected chi connectivity index (χ3v) is 6.55. The fourth-order valence-electron chi connectivity index (χ4n) is 3.95. The summed E-state index contributed by atoms with van der Waals surface area (Å²) in [5.74, 6) is -4.36. The van der Waals surface area contributed by atoms with Crippen LogP contribution in [-0.4, -0.2) is 50.4 Å². The molecule has 0 spiro atoms. The van der Waals surface area contributed by atoms with E-state index < -0.39 is 17.2 Å². The first-order valence-electron chi connectivity index (χ1n) is 10.8. The zero-order valence-electron chi connectivity index (χ0n) is 19.4. The fourth-order valence-corrected chi connectivity index (χ4v) is 4.69. The van der Waals surface area contributed by atoms with E-state index in [1.165, 1.54) is 38.6 Å².